The van der Waals surface area contributed by atoms with Gasteiger partial charge in [0.15, 0.2) is 5.13 Å². The van der Waals surface area contributed by atoms with Gasteiger partial charge in [0.05, 0.1) is 14.2 Å². The quantitative estimate of drug-likeness (QED) is 0.740. The Morgan fingerprint density at radius 2 is 1.81 bits per heavy atom. The van der Waals surface area contributed by atoms with Crippen LogP contribution >= 0.6 is 11.3 Å². The SMILES string of the molecule is COc1ccc(OC)c2sc(N(CCN(C)C)C(=O)C3CCCC3)nc12. The van der Waals surface area contributed by atoms with Crippen LogP contribution in [0.3, 0.4) is 0 Å². The molecule has 0 spiro atoms. The maximum atomic E-state index is 13.2. The van der Waals surface area contributed by atoms with Gasteiger partial charge in [-0.05, 0) is 39.1 Å². The molecule has 142 valence electrons. The lowest BCUT2D eigenvalue weighted by molar-refractivity contribution is -0.122. The van der Waals surface area contributed by atoms with Crippen LogP contribution in [0.15, 0.2) is 12.1 Å². The number of carbonyl (C=O) groups excluding carboxylic acids is 1. The average molecular weight is 378 g/mol. The van der Waals surface area contributed by atoms with Gasteiger partial charge in [-0.2, -0.15) is 0 Å². The highest BCUT2D eigenvalue weighted by atomic mass is 32.1. The number of thiazole rings is 1. The monoisotopic (exact) mass is 377 g/mol. The van der Waals surface area contributed by atoms with Crippen LogP contribution in [-0.4, -0.2) is 57.2 Å². The highest BCUT2D eigenvalue weighted by Gasteiger charge is 2.30. The van der Waals surface area contributed by atoms with Crippen molar-refractivity contribution in [3.8, 4) is 11.5 Å². The Labute approximate surface area is 158 Å². The van der Waals surface area contributed by atoms with Crippen LogP contribution in [0.25, 0.3) is 10.2 Å². The number of aromatic nitrogens is 1. The van der Waals surface area contributed by atoms with Crippen LogP contribution < -0.4 is 14.4 Å². The zero-order chi connectivity index (χ0) is 18.7. The fraction of sp³-hybridized carbons (Fsp3) is 0.579. The lowest BCUT2D eigenvalue weighted by Crippen LogP contribution is -2.39. The Balaban J connectivity index is 2.00. The number of nitrogens with zero attached hydrogens (tertiary/aromatic N) is 3. The fourth-order valence-electron chi connectivity index (χ4n) is 3.38. The van der Waals surface area contributed by atoms with Gasteiger partial charge in [-0.15, -0.1) is 0 Å². The number of likely N-dealkylation sites (N-methyl/N-ethyl adjacent to an activating group) is 1. The van der Waals surface area contributed by atoms with Crippen molar-refractivity contribution >= 4 is 32.6 Å². The molecule has 0 saturated heterocycles. The molecule has 1 amide bonds. The summed E-state index contributed by atoms with van der Waals surface area (Å²) < 4.78 is 11.9. The highest BCUT2D eigenvalue weighted by Crippen LogP contribution is 2.41. The third-order valence-corrected chi connectivity index (χ3v) is 5.96. The highest BCUT2D eigenvalue weighted by molar-refractivity contribution is 7.22. The molecular formula is C19H27N3O3S. The van der Waals surface area contributed by atoms with Gasteiger partial charge in [0.25, 0.3) is 0 Å². The predicted molar refractivity (Wildman–Crippen MR) is 106 cm³/mol. The van der Waals surface area contributed by atoms with Crippen molar-refractivity contribution in [1.82, 2.24) is 9.88 Å². The zero-order valence-electron chi connectivity index (χ0n) is 15.9. The minimum absolute atomic E-state index is 0.118. The maximum absolute atomic E-state index is 13.2. The van der Waals surface area contributed by atoms with E-state index in [1.807, 2.05) is 31.1 Å². The largest absolute Gasteiger partial charge is 0.495 e. The Kier molecular flexibility index (Phi) is 5.98. The molecule has 26 heavy (non-hydrogen) atoms. The van der Waals surface area contributed by atoms with E-state index >= 15 is 0 Å². The van der Waals surface area contributed by atoms with E-state index in [2.05, 4.69) is 4.90 Å². The molecule has 1 aliphatic carbocycles. The molecule has 1 aromatic heterocycles. The van der Waals surface area contributed by atoms with Crippen LogP contribution in [0.2, 0.25) is 0 Å². The van der Waals surface area contributed by atoms with E-state index in [1.54, 1.807) is 14.2 Å². The van der Waals surface area contributed by atoms with Crippen LogP contribution in [0.5, 0.6) is 11.5 Å². The molecule has 0 radical (unpaired) electrons. The molecule has 6 nitrogen and oxygen atoms in total. The molecule has 0 bridgehead atoms. The van der Waals surface area contributed by atoms with Gasteiger partial charge in [-0.1, -0.05) is 24.2 Å². The van der Waals surface area contributed by atoms with Crippen molar-refractivity contribution in [2.75, 3.05) is 46.3 Å². The molecule has 1 aliphatic rings. The normalized spacial score (nSPS) is 15.0. The molecule has 0 N–H and O–H groups in total. The fourth-order valence-corrected chi connectivity index (χ4v) is 4.49. The van der Waals surface area contributed by atoms with Crippen molar-refractivity contribution < 1.29 is 14.3 Å². The second kappa shape index (κ2) is 8.22. The number of fused-ring (bicyclic) bond motifs is 1. The van der Waals surface area contributed by atoms with E-state index < -0.39 is 0 Å². The molecule has 7 heteroatoms. The second-order valence-electron chi connectivity index (χ2n) is 6.92. The van der Waals surface area contributed by atoms with E-state index in [4.69, 9.17) is 14.5 Å². The van der Waals surface area contributed by atoms with E-state index in [1.165, 1.54) is 11.3 Å². The Morgan fingerprint density at radius 1 is 1.15 bits per heavy atom. The van der Waals surface area contributed by atoms with Gasteiger partial charge in [-0.3, -0.25) is 9.69 Å². The van der Waals surface area contributed by atoms with E-state index in [-0.39, 0.29) is 11.8 Å². The summed E-state index contributed by atoms with van der Waals surface area (Å²) in [5, 5.41) is 0.724. The Morgan fingerprint density at radius 3 is 2.42 bits per heavy atom. The van der Waals surface area contributed by atoms with Crippen molar-refractivity contribution in [2.24, 2.45) is 5.92 Å². The number of hydrogen-bond donors (Lipinski definition) is 0. The van der Waals surface area contributed by atoms with E-state index in [9.17, 15) is 4.79 Å². The molecule has 0 aliphatic heterocycles. The second-order valence-corrected chi connectivity index (χ2v) is 7.90. The summed E-state index contributed by atoms with van der Waals surface area (Å²) in [6, 6.07) is 3.74. The average Bonchev–Trinajstić information content (AvgIpc) is 3.30. The van der Waals surface area contributed by atoms with E-state index in [0.29, 0.717) is 12.3 Å². The number of hydrogen-bond acceptors (Lipinski definition) is 6. The summed E-state index contributed by atoms with van der Waals surface area (Å²) in [4.78, 5) is 21.9. The lowest BCUT2D eigenvalue weighted by atomic mass is 10.1. The molecule has 3 rings (SSSR count). The summed E-state index contributed by atoms with van der Waals surface area (Å²) in [7, 11) is 7.31. The number of rotatable bonds is 7. The standard InChI is InChI=1S/C19H27N3O3S/c1-21(2)11-12-22(18(23)13-7-5-6-8-13)19-20-16-14(24-3)9-10-15(25-4)17(16)26-19/h9-10,13H,5-8,11-12H2,1-4H3. The first-order valence-corrected chi connectivity index (χ1v) is 9.84. The number of ether oxygens (including phenoxy) is 2. The smallest absolute Gasteiger partial charge is 0.231 e. The van der Waals surface area contributed by atoms with Gasteiger partial charge in [-0.25, -0.2) is 4.98 Å². The number of amides is 1. The number of methoxy groups -OCH3 is 2. The van der Waals surface area contributed by atoms with Crippen LogP contribution in [-0.2, 0) is 4.79 Å². The molecule has 2 aromatic rings. The summed E-state index contributed by atoms with van der Waals surface area (Å²) in [6.07, 6.45) is 4.24. The van der Waals surface area contributed by atoms with Crippen LogP contribution in [0.1, 0.15) is 25.7 Å². The van der Waals surface area contributed by atoms with Gasteiger partial charge in [0, 0.05) is 19.0 Å². The first-order valence-electron chi connectivity index (χ1n) is 9.02. The minimum Gasteiger partial charge on any atom is -0.495 e. The third-order valence-electron chi connectivity index (χ3n) is 4.87. The summed E-state index contributed by atoms with van der Waals surface area (Å²) >= 11 is 1.50. The Hall–Kier alpha value is -1.86. The maximum Gasteiger partial charge on any atom is 0.231 e. The van der Waals surface area contributed by atoms with E-state index in [0.717, 1.165) is 53.3 Å². The third kappa shape index (κ3) is 3.78. The first-order chi connectivity index (χ1) is 12.5. The Bertz CT molecular complexity index is 728. The predicted octanol–water partition coefficient (Wildman–Crippen LogP) is 3.40. The van der Waals surface area contributed by atoms with Crippen molar-refractivity contribution in [3.63, 3.8) is 0 Å². The molecule has 1 fully saturated rings. The van der Waals surface area contributed by atoms with Crippen LogP contribution in [0, 0.1) is 5.92 Å². The summed E-state index contributed by atoms with van der Waals surface area (Å²) in [6.45, 7) is 1.43. The minimum atomic E-state index is 0.118. The number of carbonyl (C=O) groups is 1. The first kappa shape index (κ1) is 18.9. The zero-order valence-corrected chi connectivity index (χ0v) is 16.8. The molecule has 0 atom stereocenters. The topological polar surface area (TPSA) is 54.9 Å². The van der Waals surface area contributed by atoms with Gasteiger partial charge in [0.1, 0.15) is 21.7 Å². The molecule has 1 saturated carbocycles. The molecule has 1 aromatic carbocycles. The van der Waals surface area contributed by atoms with Gasteiger partial charge >= 0.3 is 0 Å². The molecular weight excluding hydrogens is 350 g/mol. The van der Waals surface area contributed by atoms with Crippen molar-refractivity contribution in [2.45, 2.75) is 25.7 Å². The van der Waals surface area contributed by atoms with Gasteiger partial charge < -0.3 is 14.4 Å². The number of benzene rings is 1. The van der Waals surface area contributed by atoms with Gasteiger partial charge in [0.2, 0.25) is 5.91 Å². The van der Waals surface area contributed by atoms with Crippen LogP contribution in [0.4, 0.5) is 5.13 Å². The summed E-state index contributed by atoms with van der Waals surface area (Å²) in [5.74, 6) is 1.77. The van der Waals surface area contributed by atoms with Crippen molar-refractivity contribution in [1.29, 1.82) is 0 Å². The number of anilines is 1. The lowest BCUT2D eigenvalue weighted by Gasteiger charge is -2.24. The molecule has 1 heterocycles. The van der Waals surface area contributed by atoms with Crippen molar-refractivity contribution in [3.05, 3.63) is 12.1 Å². The summed E-state index contributed by atoms with van der Waals surface area (Å²) in [5.41, 5.74) is 0.751. The molecule has 0 unspecified atom stereocenters.